The molecule has 0 aliphatic rings. The largest absolute Gasteiger partial charge is 0.465 e. The Labute approximate surface area is 182 Å². The summed E-state index contributed by atoms with van der Waals surface area (Å²) in [5.74, 6) is -1.06. The Balaban J connectivity index is 2.01. The van der Waals surface area contributed by atoms with Crippen molar-refractivity contribution in [2.24, 2.45) is 0 Å². The number of hydrogen-bond acceptors (Lipinski definition) is 5. The van der Waals surface area contributed by atoms with Crippen molar-refractivity contribution < 1.29 is 22.7 Å². The molecule has 0 saturated carbocycles. The smallest absolute Gasteiger partial charge is 0.340 e. The molecule has 0 aliphatic carbocycles. The van der Waals surface area contributed by atoms with Gasteiger partial charge in [-0.25, -0.2) is 13.2 Å². The van der Waals surface area contributed by atoms with Crippen LogP contribution in [0.2, 0.25) is 0 Å². The predicted molar refractivity (Wildman–Crippen MR) is 121 cm³/mol. The van der Waals surface area contributed by atoms with Crippen molar-refractivity contribution in [3.8, 4) is 0 Å². The average molecular weight is 443 g/mol. The summed E-state index contributed by atoms with van der Waals surface area (Å²) in [5, 5.41) is 0.558. The lowest BCUT2D eigenvalue weighted by Gasteiger charge is -2.24. The molecule has 3 aromatic rings. The van der Waals surface area contributed by atoms with E-state index in [2.05, 4.69) is 20.8 Å². The zero-order valence-electron chi connectivity index (χ0n) is 18.2. The van der Waals surface area contributed by atoms with Crippen LogP contribution in [0, 0.1) is 0 Å². The molecule has 0 bridgehead atoms. The summed E-state index contributed by atoms with van der Waals surface area (Å²) >= 11 is 0. The van der Waals surface area contributed by atoms with Crippen molar-refractivity contribution >= 4 is 38.5 Å². The maximum Gasteiger partial charge on any atom is 0.340 e. The average Bonchev–Trinajstić information content (AvgIpc) is 3.10. The monoisotopic (exact) mass is 442 g/mol. The number of rotatable bonds is 5. The van der Waals surface area contributed by atoms with Gasteiger partial charge in [0, 0.05) is 11.6 Å². The first-order chi connectivity index (χ1) is 14.4. The lowest BCUT2D eigenvalue weighted by molar-refractivity contribution is 0.0603. The van der Waals surface area contributed by atoms with Crippen molar-refractivity contribution in [1.29, 1.82) is 0 Å². The number of anilines is 1. The van der Waals surface area contributed by atoms with E-state index in [1.807, 2.05) is 12.1 Å². The van der Waals surface area contributed by atoms with Gasteiger partial charge in [-0.1, -0.05) is 51.1 Å². The van der Waals surface area contributed by atoms with Crippen molar-refractivity contribution in [3.63, 3.8) is 0 Å². The fraction of sp³-hybridized carbons (Fsp3) is 0.304. The summed E-state index contributed by atoms with van der Waals surface area (Å²) in [6, 6.07) is 14.0. The summed E-state index contributed by atoms with van der Waals surface area (Å²) in [5.41, 5.74) is 2.11. The van der Waals surface area contributed by atoms with Crippen molar-refractivity contribution in [2.75, 3.05) is 24.2 Å². The Bertz CT molecular complexity index is 1240. The van der Waals surface area contributed by atoms with Crippen LogP contribution in [-0.2, 0) is 20.2 Å². The molecule has 7 nitrogen and oxygen atoms in total. The van der Waals surface area contributed by atoms with E-state index in [9.17, 15) is 18.0 Å². The van der Waals surface area contributed by atoms with Gasteiger partial charge in [0.15, 0.2) is 0 Å². The summed E-state index contributed by atoms with van der Waals surface area (Å²) in [6.07, 6.45) is 2.45. The molecular formula is C23H26N2O5S. The molecule has 31 heavy (non-hydrogen) atoms. The van der Waals surface area contributed by atoms with Gasteiger partial charge >= 0.3 is 5.97 Å². The molecule has 164 valence electrons. The molecule has 3 rings (SSSR count). The van der Waals surface area contributed by atoms with Crippen molar-refractivity contribution in [3.05, 3.63) is 65.9 Å². The van der Waals surface area contributed by atoms with Gasteiger partial charge in [-0.05, 0) is 29.2 Å². The van der Waals surface area contributed by atoms with E-state index >= 15 is 0 Å². The normalized spacial score (nSPS) is 12.0. The van der Waals surface area contributed by atoms with Crippen LogP contribution in [0.1, 0.15) is 41.5 Å². The van der Waals surface area contributed by atoms with E-state index in [1.165, 1.54) is 17.9 Å². The maximum absolute atomic E-state index is 13.1. The van der Waals surface area contributed by atoms with E-state index in [1.54, 1.807) is 36.4 Å². The van der Waals surface area contributed by atoms with Crippen LogP contribution < -0.4 is 4.31 Å². The first-order valence-electron chi connectivity index (χ1n) is 9.73. The Morgan fingerprint density at radius 2 is 1.65 bits per heavy atom. The SMILES string of the molecule is COC(=O)c1cn(C(=O)CN(c2ccc(C(C)(C)C)cc2)S(C)(=O)=O)c2ccccc12. The minimum atomic E-state index is -3.73. The molecule has 2 aromatic carbocycles. The molecule has 1 aromatic heterocycles. The fourth-order valence-electron chi connectivity index (χ4n) is 3.39. The van der Waals surface area contributed by atoms with Crippen LogP contribution in [0.15, 0.2) is 54.7 Å². The van der Waals surface area contributed by atoms with Crippen molar-refractivity contribution in [1.82, 2.24) is 4.57 Å². The third-order valence-corrected chi connectivity index (χ3v) is 6.23. The second-order valence-electron chi connectivity index (χ2n) is 8.38. The van der Waals surface area contributed by atoms with Gasteiger partial charge < -0.3 is 4.74 Å². The lowest BCUT2D eigenvalue weighted by Crippen LogP contribution is -2.36. The number of benzene rings is 2. The minimum absolute atomic E-state index is 0.0847. The van der Waals surface area contributed by atoms with Gasteiger partial charge in [0.1, 0.15) is 6.54 Å². The number of para-hydroxylation sites is 1. The third-order valence-electron chi connectivity index (χ3n) is 5.09. The highest BCUT2D eigenvalue weighted by molar-refractivity contribution is 7.92. The molecule has 0 radical (unpaired) electrons. The molecule has 0 fully saturated rings. The van der Waals surface area contributed by atoms with E-state index in [0.717, 1.165) is 16.1 Å². The van der Waals surface area contributed by atoms with Gasteiger partial charge in [0.2, 0.25) is 10.0 Å². The highest BCUT2D eigenvalue weighted by Gasteiger charge is 2.25. The molecule has 0 saturated heterocycles. The van der Waals surface area contributed by atoms with Gasteiger partial charge in [0.05, 0.1) is 30.1 Å². The van der Waals surface area contributed by atoms with E-state index < -0.39 is 28.4 Å². The highest BCUT2D eigenvalue weighted by Crippen LogP contribution is 2.27. The molecular weight excluding hydrogens is 416 g/mol. The Morgan fingerprint density at radius 1 is 1.03 bits per heavy atom. The number of carbonyl (C=O) groups is 2. The molecule has 0 amide bonds. The second-order valence-corrected chi connectivity index (χ2v) is 10.3. The third kappa shape index (κ3) is 4.64. The zero-order chi connectivity index (χ0) is 23.0. The first kappa shape index (κ1) is 22.6. The number of hydrogen-bond donors (Lipinski definition) is 0. The van der Waals surface area contributed by atoms with Gasteiger partial charge in [0.25, 0.3) is 5.91 Å². The van der Waals surface area contributed by atoms with Crippen LogP contribution in [-0.4, -0.2) is 44.8 Å². The molecule has 0 N–H and O–H groups in total. The number of sulfonamides is 1. The Hall–Kier alpha value is -3.13. The number of aromatic nitrogens is 1. The zero-order valence-corrected chi connectivity index (χ0v) is 19.1. The predicted octanol–water partition coefficient (Wildman–Crippen LogP) is 3.83. The number of fused-ring (bicyclic) bond motifs is 1. The van der Waals surface area contributed by atoms with Gasteiger partial charge in [-0.3, -0.25) is 13.7 Å². The number of esters is 1. The molecule has 8 heteroatoms. The van der Waals surface area contributed by atoms with Gasteiger partial charge in [-0.15, -0.1) is 0 Å². The Kier molecular flexibility index (Phi) is 5.96. The standard InChI is InChI=1S/C23H26N2O5S/c1-23(2,3)16-10-12-17(13-11-16)25(31(5,28)29)15-21(26)24-14-19(22(27)30-4)18-8-6-7-9-20(18)24/h6-14H,15H2,1-5H3. The number of nitrogens with zero attached hydrogens (tertiary/aromatic N) is 2. The maximum atomic E-state index is 13.1. The first-order valence-corrected chi connectivity index (χ1v) is 11.6. The summed E-state index contributed by atoms with van der Waals surface area (Å²) in [7, 11) is -2.46. The van der Waals surface area contributed by atoms with Crippen molar-refractivity contribution in [2.45, 2.75) is 26.2 Å². The molecule has 0 aliphatic heterocycles. The van der Waals surface area contributed by atoms with Crippen LogP contribution in [0.25, 0.3) is 10.9 Å². The van der Waals surface area contributed by atoms with E-state index in [4.69, 9.17) is 4.74 Å². The van der Waals surface area contributed by atoms with Gasteiger partial charge in [-0.2, -0.15) is 0 Å². The van der Waals surface area contributed by atoms with Crippen LogP contribution in [0.5, 0.6) is 0 Å². The topological polar surface area (TPSA) is 85.7 Å². The van der Waals surface area contributed by atoms with Crippen LogP contribution in [0.4, 0.5) is 5.69 Å². The summed E-state index contributed by atoms with van der Waals surface area (Å²) in [4.78, 5) is 25.3. The molecule has 0 spiro atoms. The molecule has 0 unspecified atom stereocenters. The lowest BCUT2D eigenvalue weighted by atomic mass is 9.87. The van der Waals surface area contributed by atoms with E-state index in [-0.39, 0.29) is 11.0 Å². The quantitative estimate of drug-likeness (QED) is 0.561. The minimum Gasteiger partial charge on any atom is -0.465 e. The van der Waals surface area contributed by atoms with Crippen LogP contribution >= 0.6 is 0 Å². The fourth-order valence-corrected chi connectivity index (χ4v) is 4.23. The number of methoxy groups -OCH3 is 1. The molecule has 0 atom stereocenters. The number of carbonyl (C=O) groups excluding carboxylic acids is 2. The number of ether oxygens (including phenoxy) is 1. The Morgan fingerprint density at radius 3 is 2.19 bits per heavy atom. The summed E-state index contributed by atoms with van der Waals surface area (Å²) in [6.45, 7) is 5.79. The van der Waals surface area contributed by atoms with E-state index in [0.29, 0.717) is 16.6 Å². The highest BCUT2D eigenvalue weighted by atomic mass is 32.2. The van der Waals surface area contributed by atoms with Crippen LogP contribution in [0.3, 0.4) is 0 Å². The molecule has 1 heterocycles. The second kappa shape index (κ2) is 8.19. The summed E-state index contributed by atoms with van der Waals surface area (Å²) < 4.78 is 32.2.